The van der Waals surface area contributed by atoms with Crippen LogP contribution in [0.5, 0.6) is 0 Å². The van der Waals surface area contributed by atoms with Gasteiger partial charge >= 0.3 is 0 Å². The number of amides is 1. The van der Waals surface area contributed by atoms with E-state index in [1.807, 2.05) is 7.05 Å². The van der Waals surface area contributed by atoms with Crippen molar-refractivity contribution in [3.05, 3.63) is 0 Å². The molecular formula is C6H14N2OS3. The van der Waals surface area contributed by atoms with E-state index in [9.17, 15) is 4.79 Å². The van der Waals surface area contributed by atoms with Crippen LogP contribution in [0.4, 0.5) is 4.79 Å². The van der Waals surface area contributed by atoms with Crippen LogP contribution in [0.15, 0.2) is 0 Å². The second kappa shape index (κ2) is 6.94. The predicted molar refractivity (Wildman–Crippen MR) is 61.1 cm³/mol. The second-order valence-corrected chi connectivity index (χ2v) is 4.20. The van der Waals surface area contributed by atoms with Crippen molar-refractivity contribution < 1.29 is 4.79 Å². The molecule has 1 atom stereocenters. The molecule has 72 valence electrons. The fourth-order valence-electron chi connectivity index (χ4n) is 0.728. The zero-order valence-corrected chi connectivity index (χ0v) is 9.58. The Morgan fingerprint density at radius 1 is 1.67 bits per heavy atom. The lowest BCUT2D eigenvalue weighted by atomic mass is 10.3. The summed E-state index contributed by atoms with van der Waals surface area (Å²) in [6.07, 6.45) is 1.77. The van der Waals surface area contributed by atoms with Crippen LogP contribution in [-0.4, -0.2) is 28.5 Å². The van der Waals surface area contributed by atoms with E-state index in [1.165, 1.54) is 0 Å². The number of thiol groups is 3. The highest BCUT2D eigenvalue weighted by Gasteiger charge is 2.03. The first kappa shape index (κ1) is 12.5. The van der Waals surface area contributed by atoms with Crippen molar-refractivity contribution in [2.75, 3.05) is 13.6 Å². The quantitative estimate of drug-likeness (QED) is 0.422. The highest BCUT2D eigenvalue weighted by Crippen LogP contribution is 2.03. The van der Waals surface area contributed by atoms with Gasteiger partial charge in [0.2, 0.25) is 0 Å². The average molecular weight is 226 g/mol. The highest BCUT2D eigenvalue weighted by molar-refractivity contribution is 7.96. The molecule has 0 saturated heterocycles. The van der Waals surface area contributed by atoms with Crippen molar-refractivity contribution in [1.82, 2.24) is 9.62 Å². The lowest BCUT2D eigenvalue weighted by Gasteiger charge is -2.12. The molecule has 0 saturated carbocycles. The summed E-state index contributed by atoms with van der Waals surface area (Å²) < 4.78 is 1.79. The molecule has 0 aliphatic heterocycles. The first-order valence-corrected chi connectivity index (χ1v) is 4.96. The second-order valence-electron chi connectivity index (χ2n) is 2.49. The van der Waals surface area contributed by atoms with Gasteiger partial charge in [-0.2, -0.15) is 12.6 Å². The maximum absolute atomic E-state index is 10.4. The molecule has 0 rings (SSSR count). The normalized spacial score (nSPS) is 13.1. The molecule has 1 amide bonds. The van der Waals surface area contributed by atoms with Gasteiger partial charge in [-0.25, -0.2) is 0 Å². The fourth-order valence-corrected chi connectivity index (χ4v) is 1.43. The summed E-state index contributed by atoms with van der Waals surface area (Å²) in [5, 5.41) is 2.12. The molecule has 0 aliphatic carbocycles. The topological polar surface area (TPSA) is 32.3 Å². The third kappa shape index (κ3) is 8.58. The summed E-state index contributed by atoms with van der Waals surface area (Å²) in [5.74, 6) is 0. The van der Waals surface area contributed by atoms with Gasteiger partial charge in [0, 0.05) is 6.54 Å². The van der Waals surface area contributed by atoms with Gasteiger partial charge < -0.3 is 5.32 Å². The van der Waals surface area contributed by atoms with Crippen LogP contribution in [0.1, 0.15) is 12.8 Å². The zero-order valence-electron chi connectivity index (χ0n) is 6.90. The molecule has 3 nitrogen and oxygen atoms in total. The number of hydrogen-bond acceptors (Lipinski definition) is 4. The smallest absolute Gasteiger partial charge is 0.276 e. The third-order valence-electron chi connectivity index (χ3n) is 1.25. The van der Waals surface area contributed by atoms with E-state index in [-0.39, 0.29) is 10.6 Å². The summed E-state index contributed by atoms with van der Waals surface area (Å²) in [7, 11) is 1.88. The van der Waals surface area contributed by atoms with E-state index in [1.54, 1.807) is 4.31 Å². The number of carbonyl (C=O) groups is 1. The molecule has 1 N–H and O–H groups in total. The maximum atomic E-state index is 10.4. The number of rotatable bonds is 5. The van der Waals surface area contributed by atoms with Crippen LogP contribution < -0.4 is 5.32 Å². The molecule has 0 aromatic carbocycles. The fraction of sp³-hybridized carbons (Fsp3) is 0.833. The summed E-state index contributed by atoms with van der Waals surface area (Å²) >= 11 is 11.8. The largest absolute Gasteiger partial charge is 0.336 e. The van der Waals surface area contributed by atoms with E-state index in [4.69, 9.17) is 0 Å². The Kier molecular flexibility index (Phi) is 7.22. The monoisotopic (exact) mass is 226 g/mol. The number of hydrogen-bond donors (Lipinski definition) is 4. The molecule has 0 spiro atoms. The van der Waals surface area contributed by atoms with Gasteiger partial charge in [0.05, 0.1) is 5.37 Å². The van der Waals surface area contributed by atoms with Gasteiger partial charge in [-0.3, -0.25) is 9.10 Å². The SMILES string of the molecule is CN(S)CCCC(S)NC(=O)S. The standard InChI is InChI=1S/C6H14N2OS3/c1-8(12)4-2-3-5(10)7-6(9)11/h5,10,12H,2-4H2,1H3,(H2,7,9,11). The van der Waals surface area contributed by atoms with Gasteiger partial charge in [0.25, 0.3) is 5.24 Å². The van der Waals surface area contributed by atoms with Crippen LogP contribution in [0, 0.1) is 0 Å². The minimum absolute atomic E-state index is 0.108. The summed E-state index contributed by atoms with van der Waals surface area (Å²) in [5.41, 5.74) is 0. The minimum atomic E-state index is -0.339. The van der Waals surface area contributed by atoms with E-state index < -0.39 is 0 Å². The van der Waals surface area contributed by atoms with Crippen molar-refractivity contribution in [2.45, 2.75) is 18.2 Å². The molecule has 1 unspecified atom stereocenters. The molecular weight excluding hydrogens is 212 g/mol. The van der Waals surface area contributed by atoms with Crippen molar-refractivity contribution in [3.8, 4) is 0 Å². The molecule has 0 aromatic rings. The number of nitrogens with one attached hydrogen (secondary N) is 1. The molecule has 6 heteroatoms. The van der Waals surface area contributed by atoms with Crippen molar-refractivity contribution in [2.24, 2.45) is 0 Å². The lowest BCUT2D eigenvalue weighted by Crippen LogP contribution is -2.26. The summed E-state index contributed by atoms with van der Waals surface area (Å²) in [6.45, 7) is 0.878. The van der Waals surface area contributed by atoms with Crippen LogP contribution in [0.2, 0.25) is 0 Å². The van der Waals surface area contributed by atoms with E-state index >= 15 is 0 Å². The molecule has 0 aromatic heterocycles. The highest BCUT2D eigenvalue weighted by atomic mass is 32.1. The van der Waals surface area contributed by atoms with Gasteiger partial charge in [-0.05, 0) is 19.9 Å². The van der Waals surface area contributed by atoms with Gasteiger partial charge in [0.15, 0.2) is 0 Å². The average Bonchev–Trinajstić information content (AvgIpc) is 1.84. The number of nitrogens with zero attached hydrogens (tertiary/aromatic N) is 1. The van der Waals surface area contributed by atoms with Crippen molar-refractivity contribution in [1.29, 1.82) is 0 Å². The Bertz CT molecular complexity index is 143. The van der Waals surface area contributed by atoms with E-state index in [2.05, 4.69) is 43.4 Å². The Labute approximate surface area is 89.6 Å². The van der Waals surface area contributed by atoms with Crippen molar-refractivity contribution in [3.63, 3.8) is 0 Å². The molecule has 0 fully saturated rings. The molecule has 0 radical (unpaired) electrons. The Morgan fingerprint density at radius 3 is 2.67 bits per heavy atom. The van der Waals surface area contributed by atoms with Gasteiger partial charge in [-0.1, -0.05) is 25.4 Å². The van der Waals surface area contributed by atoms with E-state index in [0.717, 1.165) is 19.4 Å². The third-order valence-corrected chi connectivity index (χ3v) is 1.97. The first-order chi connectivity index (χ1) is 5.52. The Hall–Kier alpha value is 0.480. The molecule has 0 heterocycles. The van der Waals surface area contributed by atoms with Crippen LogP contribution in [-0.2, 0) is 0 Å². The predicted octanol–water partition coefficient (Wildman–Crippen LogP) is 1.44. The molecule has 0 bridgehead atoms. The summed E-state index contributed by atoms with van der Waals surface area (Å²) in [4.78, 5) is 10.4. The molecule has 0 aliphatic rings. The van der Waals surface area contributed by atoms with Crippen LogP contribution in [0.3, 0.4) is 0 Å². The minimum Gasteiger partial charge on any atom is -0.336 e. The van der Waals surface area contributed by atoms with E-state index in [0.29, 0.717) is 0 Å². The van der Waals surface area contributed by atoms with Crippen molar-refractivity contribution >= 4 is 43.3 Å². The first-order valence-electron chi connectivity index (χ1n) is 3.60. The van der Waals surface area contributed by atoms with Crippen LogP contribution in [0.25, 0.3) is 0 Å². The summed E-state index contributed by atoms with van der Waals surface area (Å²) in [6, 6.07) is 0. The van der Waals surface area contributed by atoms with Crippen LogP contribution >= 0.6 is 38.1 Å². The Morgan fingerprint density at radius 2 is 2.25 bits per heavy atom. The maximum Gasteiger partial charge on any atom is 0.276 e. The van der Waals surface area contributed by atoms with Gasteiger partial charge in [0.1, 0.15) is 0 Å². The Balaban J connectivity index is 3.31. The van der Waals surface area contributed by atoms with Gasteiger partial charge in [-0.15, -0.1) is 0 Å². The zero-order chi connectivity index (χ0) is 9.56. The lowest BCUT2D eigenvalue weighted by molar-refractivity contribution is 0.260. The number of carbonyl (C=O) groups excluding carboxylic acids is 1. The molecule has 12 heavy (non-hydrogen) atoms.